The molecule has 2 heterocycles. The lowest BCUT2D eigenvalue weighted by atomic mass is 10.1. The van der Waals surface area contributed by atoms with Gasteiger partial charge in [-0.1, -0.05) is 17.7 Å². The zero-order chi connectivity index (χ0) is 19.4. The number of piperazine rings is 1. The third-order valence-corrected chi connectivity index (χ3v) is 5.83. The minimum Gasteiger partial charge on any atom is -0.502 e. The molecule has 1 aromatic carbocycles. The summed E-state index contributed by atoms with van der Waals surface area (Å²) < 4.78 is 0. The summed E-state index contributed by atoms with van der Waals surface area (Å²) in [7, 11) is 2.12. The van der Waals surface area contributed by atoms with Gasteiger partial charge in [0.25, 0.3) is 0 Å². The van der Waals surface area contributed by atoms with Crippen molar-refractivity contribution in [1.82, 2.24) is 9.80 Å². The fourth-order valence-corrected chi connectivity index (χ4v) is 4.17. The SMILES string of the molecule is CN1CCN([C@H](CN=Cc2cc(Cl)cc([N+](=O)[O-])c2O)c2cccs2)CC1. The number of nitro groups is 1. The number of thiophene rings is 1. The molecule has 1 fully saturated rings. The first kappa shape index (κ1) is 19.8. The summed E-state index contributed by atoms with van der Waals surface area (Å²) in [5.41, 5.74) is -0.171. The number of phenolic OH excluding ortho intramolecular Hbond substituents is 1. The van der Waals surface area contributed by atoms with Crippen molar-refractivity contribution in [1.29, 1.82) is 0 Å². The van der Waals surface area contributed by atoms with Crippen LogP contribution in [0.4, 0.5) is 5.69 Å². The molecule has 3 rings (SSSR count). The highest BCUT2D eigenvalue weighted by Gasteiger charge is 2.24. The molecule has 1 aromatic heterocycles. The minimum atomic E-state index is -0.656. The van der Waals surface area contributed by atoms with Gasteiger partial charge in [0.1, 0.15) is 0 Å². The molecule has 1 N–H and O–H groups in total. The summed E-state index contributed by atoms with van der Waals surface area (Å²) in [6.45, 7) is 4.44. The number of phenols is 1. The minimum absolute atomic E-state index is 0.145. The Morgan fingerprint density at radius 3 is 2.78 bits per heavy atom. The molecule has 0 bridgehead atoms. The first-order valence-corrected chi connectivity index (χ1v) is 9.84. The molecule has 0 spiro atoms. The second-order valence-corrected chi connectivity index (χ2v) is 7.90. The van der Waals surface area contributed by atoms with E-state index in [1.165, 1.54) is 17.2 Å². The maximum Gasteiger partial charge on any atom is 0.312 e. The zero-order valence-electron chi connectivity index (χ0n) is 14.9. The summed E-state index contributed by atoms with van der Waals surface area (Å²) in [4.78, 5) is 20.8. The van der Waals surface area contributed by atoms with Gasteiger partial charge in [-0.2, -0.15) is 0 Å². The molecule has 1 saturated heterocycles. The van der Waals surface area contributed by atoms with Gasteiger partial charge in [0.2, 0.25) is 5.75 Å². The molecule has 27 heavy (non-hydrogen) atoms. The monoisotopic (exact) mass is 408 g/mol. The van der Waals surface area contributed by atoms with Gasteiger partial charge in [-0.05, 0) is 24.6 Å². The van der Waals surface area contributed by atoms with Crippen LogP contribution in [0.25, 0.3) is 0 Å². The van der Waals surface area contributed by atoms with Crippen LogP contribution in [0.1, 0.15) is 16.5 Å². The first-order valence-electron chi connectivity index (χ1n) is 8.58. The number of rotatable bonds is 6. The number of halogens is 1. The van der Waals surface area contributed by atoms with E-state index < -0.39 is 16.4 Å². The van der Waals surface area contributed by atoms with Crippen LogP contribution in [-0.4, -0.2) is 65.8 Å². The number of hydrogen-bond acceptors (Lipinski definition) is 7. The molecule has 1 aliphatic heterocycles. The molecule has 0 radical (unpaired) electrons. The predicted octanol–water partition coefficient (Wildman–Crippen LogP) is 3.42. The van der Waals surface area contributed by atoms with Gasteiger partial charge in [0, 0.05) is 53.9 Å². The highest BCUT2D eigenvalue weighted by molar-refractivity contribution is 7.10. The van der Waals surface area contributed by atoms with Crippen LogP contribution in [0, 0.1) is 10.1 Å². The molecular weight excluding hydrogens is 388 g/mol. The quantitative estimate of drug-likeness (QED) is 0.450. The predicted molar refractivity (Wildman–Crippen MR) is 108 cm³/mol. The maximum atomic E-state index is 11.0. The van der Waals surface area contributed by atoms with Crippen LogP contribution in [0.3, 0.4) is 0 Å². The van der Waals surface area contributed by atoms with Gasteiger partial charge in [-0.15, -0.1) is 11.3 Å². The number of likely N-dealkylation sites (N-methyl/N-ethyl adjacent to an activating group) is 1. The van der Waals surface area contributed by atoms with E-state index in [0.717, 1.165) is 32.2 Å². The van der Waals surface area contributed by atoms with Crippen LogP contribution in [0.15, 0.2) is 34.6 Å². The molecule has 144 valence electrons. The number of nitro benzene ring substituents is 1. The summed E-state index contributed by atoms with van der Waals surface area (Å²) >= 11 is 7.63. The van der Waals surface area contributed by atoms with Crippen molar-refractivity contribution in [2.45, 2.75) is 6.04 Å². The normalized spacial score (nSPS) is 17.4. The number of benzene rings is 1. The van der Waals surface area contributed by atoms with E-state index in [-0.39, 0.29) is 16.6 Å². The topological polar surface area (TPSA) is 82.2 Å². The van der Waals surface area contributed by atoms with Crippen molar-refractivity contribution in [2.24, 2.45) is 4.99 Å². The van der Waals surface area contributed by atoms with Crippen LogP contribution in [0.2, 0.25) is 5.02 Å². The maximum absolute atomic E-state index is 11.0. The second kappa shape index (κ2) is 8.79. The van der Waals surface area contributed by atoms with E-state index >= 15 is 0 Å². The van der Waals surface area contributed by atoms with Crippen LogP contribution >= 0.6 is 22.9 Å². The van der Waals surface area contributed by atoms with Gasteiger partial charge < -0.3 is 10.0 Å². The molecule has 2 aromatic rings. The van der Waals surface area contributed by atoms with Gasteiger partial charge in [0.05, 0.1) is 17.5 Å². The average Bonchev–Trinajstić information content (AvgIpc) is 3.16. The van der Waals surface area contributed by atoms with Crippen molar-refractivity contribution in [2.75, 3.05) is 39.8 Å². The van der Waals surface area contributed by atoms with Crippen molar-refractivity contribution in [3.63, 3.8) is 0 Å². The van der Waals surface area contributed by atoms with E-state index in [0.29, 0.717) is 6.54 Å². The van der Waals surface area contributed by atoms with E-state index in [2.05, 4.69) is 27.9 Å². The van der Waals surface area contributed by atoms with E-state index in [1.807, 2.05) is 11.4 Å². The molecule has 0 saturated carbocycles. The number of nitrogens with zero attached hydrogens (tertiary/aromatic N) is 4. The number of hydrogen-bond donors (Lipinski definition) is 1. The summed E-state index contributed by atoms with van der Waals surface area (Å²) in [6, 6.07) is 6.88. The Hall–Kier alpha value is -2.00. The van der Waals surface area contributed by atoms with Crippen LogP contribution < -0.4 is 0 Å². The lowest BCUT2D eigenvalue weighted by molar-refractivity contribution is -0.385. The second-order valence-electron chi connectivity index (χ2n) is 6.48. The van der Waals surface area contributed by atoms with E-state index in [4.69, 9.17) is 11.6 Å². The Labute approximate surface area is 166 Å². The van der Waals surface area contributed by atoms with Crippen LogP contribution in [0.5, 0.6) is 5.75 Å². The molecule has 0 amide bonds. The Morgan fingerprint density at radius 2 is 2.15 bits per heavy atom. The Kier molecular flexibility index (Phi) is 6.43. The first-order chi connectivity index (χ1) is 13.0. The van der Waals surface area contributed by atoms with Crippen molar-refractivity contribution in [3.8, 4) is 5.75 Å². The molecule has 1 aliphatic rings. The van der Waals surface area contributed by atoms with E-state index in [9.17, 15) is 15.2 Å². The van der Waals surface area contributed by atoms with Crippen molar-refractivity contribution in [3.05, 3.63) is 55.2 Å². The Bertz CT molecular complexity index is 820. The Morgan fingerprint density at radius 1 is 1.41 bits per heavy atom. The molecule has 0 aliphatic carbocycles. The highest BCUT2D eigenvalue weighted by atomic mass is 35.5. The molecule has 9 heteroatoms. The van der Waals surface area contributed by atoms with Gasteiger partial charge in [-0.25, -0.2) is 0 Å². The standard InChI is InChI=1S/C18H21ClN4O3S/c1-21-4-6-22(7-5-21)16(17-3-2-8-27-17)12-20-11-13-9-14(19)10-15(18(13)24)23(25)26/h2-3,8-11,16,24H,4-7,12H2,1H3/t16-/m1/s1. The molecule has 7 nitrogen and oxygen atoms in total. The van der Waals surface area contributed by atoms with Crippen molar-refractivity contribution < 1.29 is 10.0 Å². The Balaban J connectivity index is 1.79. The fourth-order valence-electron chi connectivity index (χ4n) is 3.09. The summed E-state index contributed by atoms with van der Waals surface area (Å²) in [5, 5.41) is 23.4. The smallest absolute Gasteiger partial charge is 0.312 e. The lowest BCUT2D eigenvalue weighted by Crippen LogP contribution is -2.46. The third kappa shape index (κ3) is 4.84. The third-order valence-electron chi connectivity index (χ3n) is 4.64. The largest absolute Gasteiger partial charge is 0.502 e. The van der Waals surface area contributed by atoms with Gasteiger partial charge in [0.15, 0.2) is 0 Å². The molecule has 1 atom stereocenters. The lowest BCUT2D eigenvalue weighted by Gasteiger charge is -2.37. The fraction of sp³-hybridized carbons (Fsp3) is 0.389. The van der Waals surface area contributed by atoms with E-state index in [1.54, 1.807) is 11.3 Å². The number of aromatic hydroxyl groups is 1. The summed E-state index contributed by atoms with van der Waals surface area (Å²) in [6.07, 6.45) is 1.46. The van der Waals surface area contributed by atoms with Gasteiger partial charge >= 0.3 is 5.69 Å². The van der Waals surface area contributed by atoms with Gasteiger partial charge in [-0.3, -0.25) is 20.0 Å². The molecule has 0 unspecified atom stereocenters. The number of aliphatic imine (C=N–C) groups is 1. The average molecular weight is 409 g/mol. The van der Waals surface area contributed by atoms with Crippen molar-refractivity contribution >= 4 is 34.8 Å². The van der Waals surface area contributed by atoms with Crippen LogP contribution in [-0.2, 0) is 0 Å². The highest BCUT2D eigenvalue weighted by Crippen LogP contribution is 2.32. The zero-order valence-corrected chi connectivity index (χ0v) is 16.5. The molecular formula is C18H21ClN4O3S. The summed E-state index contributed by atoms with van der Waals surface area (Å²) in [5.74, 6) is -0.416.